The molecule has 0 amide bonds. The Bertz CT molecular complexity index is 623. The summed E-state index contributed by atoms with van der Waals surface area (Å²) < 4.78 is 0. The molecule has 0 spiro atoms. The lowest BCUT2D eigenvalue weighted by atomic mass is 9.85. The van der Waals surface area contributed by atoms with E-state index in [9.17, 15) is 14.9 Å². The minimum atomic E-state index is -0.455. The highest BCUT2D eigenvalue weighted by Gasteiger charge is 2.23. The highest BCUT2D eigenvalue weighted by molar-refractivity contribution is 5.81. The highest BCUT2D eigenvalue weighted by atomic mass is 16.6. The fourth-order valence-corrected chi connectivity index (χ4v) is 4.00. The summed E-state index contributed by atoms with van der Waals surface area (Å²) in [6, 6.07) is 4.93. The van der Waals surface area contributed by atoms with Crippen molar-refractivity contribution < 1.29 is 9.72 Å². The van der Waals surface area contributed by atoms with Crippen molar-refractivity contribution in [3.63, 3.8) is 0 Å². The van der Waals surface area contributed by atoms with Crippen LogP contribution in [0.3, 0.4) is 0 Å². The Labute approximate surface area is 154 Å². The smallest absolute Gasteiger partial charge is 0.358 e. The van der Waals surface area contributed by atoms with Crippen LogP contribution in [0, 0.1) is 16.0 Å². The zero-order chi connectivity index (χ0) is 18.4. The maximum absolute atomic E-state index is 12.3. The Balaban J connectivity index is 1.39. The average Bonchev–Trinajstić information content (AvgIpc) is 2.69. The number of aromatic nitrogens is 1. The summed E-state index contributed by atoms with van der Waals surface area (Å²) in [7, 11) is 0. The molecule has 2 aliphatic rings. The molecule has 2 fully saturated rings. The van der Waals surface area contributed by atoms with E-state index in [1.807, 2.05) is 6.07 Å². The van der Waals surface area contributed by atoms with E-state index >= 15 is 0 Å². The predicted molar refractivity (Wildman–Crippen MR) is 100 cm³/mol. The molecule has 26 heavy (non-hydrogen) atoms. The van der Waals surface area contributed by atoms with Crippen LogP contribution in [0.1, 0.15) is 44.9 Å². The molecule has 1 aliphatic carbocycles. The van der Waals surface area contributed by atoms with Gasteiger partial charge in [0, 0.05) is 50.7 Å². The van der Waals surface area contributed by atoms with Gasteiger partial charge in [-0.3, -0.25) is 9.69 Å². The average molecular weight is 360 g/mol. The summed E-state index contributed by atoms with van der Waals surface area (Å²) in [6.07, 6.45) is 7.53. The molecule has 0 atom stereocenters. The molecule has 1 aromatic heterocycles. The van der Waals surface area contributed by atoms with Gasteiger partial charge in [0.2, 0.25) is 5.82 Å². The number of rotatable bonds is 7. The van der Waals surface area contributed by atoms with E-state index in [2.05, 4.69) is 14.8 Å². The van der Waals surface area contributed by atoms with Crippen molar-refractivity contribution in [3.8, 4) is 0 Å². The van der Waals surface area contributed by atoms with Gasteiger partial charge in [0.15, 0.2) is 0 Å². The van der Waals surface area contributed by atoms with Crippen LogP contribution in [-0.2, 0) is 4.79 Å². The highest BCUT2D eigenvalue weighted by Crippen LogP contribution is 2.25. The Kier molecular flexibility index (Phi) is 6.55. The lowest BCUT2D eigenvalue weighted by molar-refractivity contribution is -0.389. The van der Waals surface area contributed by atoms with Crippen molar-refractivity contribution in [1.82, 2.24) is 9.88 Å². The molecule has 7 heteroatoms. The molecule has 2 heterocycles. The molecule has 0 bridgehead atoms. The number of carbonyl (C=O) groups excluding carboxylic acids is 1. The first-order valence-corrected chi connectivity index (χ1v) is 9.75. The standard InChI is InChI=1S/C19H28N4O3/c24-17(16-6-2-1-3-7-16)8-5-11-21-12-14-22(15-13-21)18-9-4-10-19(20-18)23(25)26/h4,9-10,16H,1-3,5-8,11-15H2. The second-order valence-corrected chi connectivity index (χ2v) is 7.34. The van der Waals surface area contributed by atoms with Gasteiger partial charge in [-0.05, 0) is 41.8 Å². The third-order valence-electron chi connectivity index (χ3n) is 5.56. The van der Waals surface area contributed by atoms with E-state index in [-0.39, 0.29) is 5.82 Å². The van der Waals surface area contributed by atoms with Gasteiger partial charge >= 0.3 is 5.82 Å². The Morgan fingerprint density at radius 3 is 2.58 bits per heavy atom. The van der Waals surface area contributed by atoms with Gasteiger partial charge in [0.05, 0.1) is 0 Å². The molecule has 0 N–H and O–H groups in total. The quantitative estimate of drug-likeness (QED) is 0.549. The molecular weight excluding hydrogens is 332 g/mol. The van der Waals surface area contributed by atoms with Crippen LogP contribution in [0.25, 0.3) is 0 Å². The van der Waals surface area contributed by atoms with Gasteiger partial charge in [-0.1, -0.05) is 19.3 Å². The largest absolute Gasteiger partial charge is 0.365 e. The number of carbonyl (C=O) groups is 1. The molecule has 1 aliphatic heterocycles. The van der Waals surface area contributed by atoms with Crippen molar-refractivity contribution in [1.29, 1.82) is 0 Å². The molecule has 7 nitrogen and oxygen atoms in total. The van der Waals surface area contributed by atoms with Crippen molar-refractivity contribution in [2.75, 3.05) is 37.6 Å². The number of ketones is 1. The van der Waals surface area contributed by atoms with Crippen molar-refractivity contribution in [2.45, 2.75) is 44.9 Å². The van der Waals surface area contributed by atoms with Gasteiger partial charge in [-0.15, -0.1) is 0 Å². The van der Waals surface area contributed by atoms with Crippen molar-refractivity contribution >= 4 is 17.4 Å². The van der Waals surface area contributed by atoms with E-state index < -0.39 is 4.92 Å². The van der Waals surface area contributed by atoms with E-state index in [0.717, 1.165) is 52.0 Å². The number of nitrogens with zero attached hydrogens (tertiary/aromatic N) is 4. The van der Waals surface area contributed by atoms with Crippen LogP contribution in [0.5, 0.6) is 0 Å². The summed E-state index contributed by atoms with van der Waals surface area (Å²) in [4.78, 5) is 31.3. The SMILES string of the molecule is O=C(CCCN1CCN(c2cccc([N+](=O)[O-])n2)CC1)C1CCCCC1. The zero-order valence-corrected chi connectivity index (χ0v) is 15.3. The Morgan fingerprint density at radius 2 is 1.88 bits per heavy atom. The molecule has 142 valence electrons. The number of hydrogen-bond donors (Lipinski definition) is 0. The third-order valence-corrected chi connectivity index (χ3v) is 5.56. The molecule has 3 rings (SSSR count). The summed E-state index contributed by atoms with van der Waals surface area (Å²) in [5, 5.41) is 10.9. The summed E-state index contributed by atoms with van der Waals surface area (Å²) in [5.41, 5.74) is 0. The number of hydrogen-bond acceptors (Lipinski definition) is 6. The molecule has 1 saturated heterocycles. The number of piperazine rings is 1. The Hall–Kier alpha value is -2.02. The summed E-state index contributed by atoms with van der Waals surface area (Å²) >= 11 is 0. The Morgan fingerprint density at radius 1 is 1.15 bits per heavy atom. The summed E-state index contributed by atoms with van der Waals surface area (Å²) in [6.45, 7) is 4.38. The molecule has 0 radical (unpaired) electrons. The molecule has 1 saturated carbocycles. The second kappa shape index (κ2) is 9.07. The number of pyridine rings is 1. The third kappa shape index (κ3) is 5.00. The molecule has 1 aromatic rings. The number of anilines is 1. The molecular formula is C19H28N4O3. The minimum absolute atomic E-state index is 0.105. The van der Waals surface area contributed by atoms with Gasteiger partial charge in [0.25, 0.3) is 0 Å². The van der Waals surface area contributed by atoms with Crippen molar-refractivity contribution in [3.05, 3.63) is 28.3 Å². The minimum Gasteiger partial charge on any atom is -0.358 e. The van der Waals surface area contributed by atoms with Crippen LogP contribution < -0.4 is 4.90 Å². The monoisotopic (exact) mass is 360 g/mol. The van der Waals surface area contributed by atoms with Crippen LogP contribution in [0.4, 0.5) is 11.6 Å². The first kappa shape index (κ1) is 18.8. The summed E-state index contributed by atoms with van der Waals surface area (Å²) in [5.74, 6) is 1.35. The van der Waals surface area contributed by atoms with E-state index in [1.54, 1.807) is 6.07 Å². The van der Waals surface area contributed by atoms with Crippen LogP contribution in [0.15, 0.2) is 18.2 Å². The molecule has 0 unspecified atom stereocenters. The van der Waals surface area contributed by atoms with Gasteiger partial charge in [-0.2, -0.15) is 0 Å². The predicted octanol–water partition coefficient (Wildman–Crippen LogP) is 3.04. The van der Waals surface area contributed by atoms with Crippen LogP contribution in [0.2, 0.25) is 0 Å². The molecule has 0 aromatic carbocycles. The van der Waals surface area contributed by atoms with Crippen LogP contribution >= 0.6 is 0 Å². The zero-order valence-electron chi connectivity index (χ0n) is 15.3. The van der Waals surface area contributed by atoms with Gasteiger partial charge in [0.1, 0.15) is 5.78 Å². The van der Waals surface area contributed by atoms with Gasteiger partial charge < -0.3 is 15.0 Å². The maximum Gasteiger partial charge on any atom is 0.365 e. The van der Waals surface area contributed by atoms with E-state index in [0.29, 0.717) is 23.9 Å². The van der Waals surface area contributed by atoms with Gasteiger partial charge in [-0.25, -0.2) is 0 Å². The lowest BCUT2D eigenvalue weighted by Gasteiger charge is -2.34. The van der Waals surface area contributed by atoms with E-state index in [4.69, 9.17) is 0 Å². The number of nitro groups is 1. The van der Waals surface area contributed by atoms with E-state index in [1.165, 1.54) is 25.3 Å². The van der Waals surface area contributed by atoms with Crippen LogP contribution in [-0.4, -0.2) is 53.3 Å². The topological polar surface area (TPSA) is 79.6 Å². The first-order chi connectivity index (χ1) is 12.6. The fourth-order valence-electron chi connectivity index (χ4n) is 4.00. The number of Topliss-reactive ketones (excluding diaryl/α,β-unsaturated/α-hetero) is 1. The van der Waals surface area contributed by atoms with Crippen molar-refractivity contribution in [2.24, 2.45) is 5.92 Å². The normalized spacial score (nSPS) is 19.5. The first-order valence-electron chi connectivity index (χ1n) is 9.75. The maximum atomic E-state index is 12.3. The fraction of sp³-hybridized carbons (Fsp3) is 0.684. The second-order valence-electron chi connectivity index (χ2n) is 7.34. The lowest BCUT2D eigenvalue weighted by Crippen LogP contribution is -2.47.